The maximum Gasteiger partial charge on any atom is -0.0440 e. The molecular weight excluding hydrogens is 360 g/mol. The van der Waals surface area contributed by atoms with E-state index in [1.54, 1.807) is 0 Å². The van der Waals surface area contributed by atoms with Crippen LogP contribution in [0.4, 0.5) is 0 Å². The van der Waals surface area contributed by atoms with Crippen molar-refractivity contribution in [3.05, 3.63) is 0 Å². The van der Waals surface area contributed by atoms with Gasteiger partial charge in [-0.2, -0.15) is 0 Å². The maximum atomic E-state index is 2.49. The molecule has 0 aliphatic rings. The average Bonchev–Trinajstić information content (AvgIpc) is 2.64. The van der Waals surface area contributed by atoms with Gasteiger partial charge in [0.05, 0.1) is 0 Å². The van der Waals surface area contributed by atoms with Crippen molar-refractivity contribution in [2.45, 2.75) is 158 Å². The third-order valence-corrected chi connectivity index (χ3v) is 7.28. The molecule has 0 heteroatoms. The number of hydrogen-bond donors (Lipinski definition) is 0. The number of rotatable bonds is 21. The summed E-state index contributed by atoms with van der Waals surface area (Å²) in [6.07, 6.45) is 23.2. The number of hydrogen-bond acceptors (Lipinski definition) is 0. The zero-order chi connectivity index (χ0) is 22.8. The zero-order valence-corrected chi connectivity index (χ0v) is 22.8. The Labute approximate surface area is 193 Å². The molecule has 0 aromatic rings. The van der Waals surface area contributed by atoms with E-state index >= 15 is 0 Å². The standard InChI is InChI=1S/C30H62/c1-25(2)16-14-21-29(7)23-15-22-28(6)19-13-12-18-27(5)17-10-9-11-20-30(8)24-26(3)4/h25-30H,9-24H2,1-8H3. The van der Waals surface area contributed by atoms with Crippen molar-refractivity contribution in [1.29, 1.82) is 0 Å². The smallest absolute Gasteiger partial charge is 0.0440 e. The summed E-state index contributed by atoms with van der Waals surface area (Å²) in [5.74, 6) is 5.50. The van der Waals surface area contributed by atoms with Gasteiger partial charge in [-0.25, -0.2) is 0 Å². The summed E-state index contributed by atoms with van der Waals surface area (Å²) in [7, 11) is 0. The second-order valence-corrected chi connectivity index (χ2v) is 12.2. The van der Waals surface area contributed by atoms with Gasteiger partial charge in [0, 0.05) is 0 Å². The van der Waals surface area contributed by atoms with Gasteiger partial charge >= 0.3 is 0 Å². The third-order valence-electron chi connectivity index (χ3n) is 7.28. The van der Waals surface area contributed by atoms with Crippen LogP contribution in [0.15, 0.2) is 0 Å². The van der Waals surface area contributed by atoms with E-state index in [2.05, 4.69) is 55.4 Å². The molecule has 0 spiro atoms. The molecule has 0 saturated heterocycles. The second kappa shape index (κ2) is 19.7. The first-order valence-electron chi connectivity index (χ1n) is 14.2. The van der Waals surface area contributed by atoms with Gasteiger partial charge in [0.2, 0.25) is 0 Å². The fourth-order valence-electron chi connectivity index (χ4n) is 5.19. The molecule has 0 aliphatic heterocycles. The van der Waals surface area contributed by atoms with E-state index in [0.717, 1.165) is 35.5 Å². The largest absolute Gasteiger partial charge is 0.0628 e. The highest BCUT2D eigenvalue weighted by molar-refractivity contribution is 4.61. The van der Waals surface area contributed by atoms with Crippen LogP contribution in [0.25, 0.3) is 0 Å². The lowest BCUT2D eigenvalue weighted by molar-refractivity contribution is 0.373. The Morgan fingerprint density at radius 1 is 0.300 bits per heavy atom. The summed E-state index contributed by atoms with van der Waals surface area (Å²) in [5, 5.41) is 0. The predicted octanol–water partition coefficient (Wildman–Crippen LogP) is 11.1. The first-order chi connectivity index (χ1) is 14.2. The van der Waals surface area contributed by atoms with Gasteiger partial charge in [0.25, 0.3) is 0 Å². The summed E-state index contributed by atoms with van der Waals surface area (Å²) in [6.45, 7) is 19.3. The minimum Gasteiger partial charge on any atom is -0.0628 e. The van der Waals surface area contributed by atoms with E-state index in [1.807, 2.05) is 0 Å². The SMILES string of the molecule is CC(C)CCCC(C)CCCC(C)CCCCC(C)CCCCCC(C)CC(C)C. The molecule has 4 unspecified atom stereocenters. The van der Waals surface area contributed by atoms with Crippen molar-refractivity contribution >= 4 is 0 Å². The van der Waals surface area contributed by atoms with E-state index < -0.39 is 0 Å². The van der Waals surface area contributed by atoms with Crippen LogP contribution in [-0.4, -0.2) is 0 Å². The Kier molecular flexibility index (Phi) is 19.7. The van der Waals surface area contributed by atoms with Crippen LogP contribution in [0.3, 0.4) is 0 Å². The first kappa shape index (κ1) is 30.0. The average molecular weight is 423 g/mol. The minimum absolute atomic E-state index is 0.867. The summed E-state index contributed by atoms with van der Waals surface area (Å²) >= 11 is 0. The first-order valence-corrected chi connectivity index (χ1v) is 14.2. The van der Waals surface area contributed by atoms with Crippen LogP contribution in [0.5, 0.6) is 0 Å². The highest BCUT2D eigenvalue weighted by Crippen LogP contribution is 2.24. The Bertz CT molecular complexity index is 342. The van der Waals surface area contributed by atoms with Crippen LogP contribution in [-0.2, 0) is 0 Å². The molecule has 0 heterocycles. The van der Waals surface area contributed by atoms with E-state index in [9.17, 15) is 0 Å². The highest BCUT2D eigenvalue weighted by atomic mass is 14.1. The van der Waals surface area contributed by atoms with Crippen molar-refractivity contribution in [3.8, 4) is 0 Å². The molecule has 0 amide bonds. The lowest BCUT2D eigenvalue weighted by Gasteiger charge is -2.16. The van der Waals surface area contributed by atoms with Crippen molar-refractivity contribution < 1.29 is 0 Å². The Balaban J connectivity index is 3.50. The molecule has 0 aromatic carbocycles. The molecule has 4 atom stereocenters. The molecule has 0 aliphatic carbocycles. The molecule has 30 heavy (non-hydrogen) atoms. The number of unbranched alkanes of at least 4 members (excludes halogenated alkanes) is 3. The van der Waals surface area contributed by atoms with Crippen LogP contribution in [0.2, 0.25) is 0 Å². The van der Waals surface area contributed by atoms with Crippen molar-refractivity contribution in [1.82, 2.24) is 0 Å². The summed E-state index contributed by atoms with van der Waals surface area (Å²) in [4.78, 5) is 0. The van der Waals surface area contributed by atoms with Gasteiger partial charge in [-0.1, -0.05) is 152 Å². The minimum atomic E-state index is 0.867. The van der Waals surface area contributed by atoms with Crippen molar-refractivity contribution in [2.24, 2.45) is 35.5 Å². The Morgan fingerprint density at radius 3 is 1.03 bits per heavy atom. The molecule has 0 nitrogen and oxygen atoms in total. The van der Waals surface area contributed by atoms with Gasteiger partial charge in [0.1, 0.15) is 0 Å². The van der Waals surface area contributed by atoms with E-state index in [1.165, 1.54) is 103 Å². The maximum absolute atomic E-state index is 2.49. The molecule has 0 rings (SSSR count). The second-order valence-electron chi connectivity index (χ2n) is 12.2. The van der Waals surface area contributed by atoms with E-state index in [4.69, 9.17) is 0 Å². The van der Waals surface area contributed by atoms with E-state index in [0.29, 0.717) is 0 Å². The van der Waals surface area contributed by atoms with Gasteiger partial charge in [0.15, 0.2) is 0 Å². The van der Waals surface area contributed by atoms with Gasteiger partial charge in [-0.05, 0) is 41.9 Å². The Hall–Kier alpha value is 0. The summed E-state index contributed by atoms with van der Waals surface area (Å²) in [5.41, 5.74) is 0. The van der Waals surface area contributed by atoms with Crippen LogP contribution in [0, 0.1) is 35.5 Å². The fourth-order valence-corrected chi connectivity index (χ4v) is 5.19. The molecular formula is C30H62. The zero-order valence-electron chi connectivity index (χ0n) is 22.8. The fraction of sp³-hybridized carbons (Fsp3) is 1.00. The van der Waals surface area contributed by atoms with Gasteiger partial charge in [-0.3, -0.25) is 0 Å². The lowest BCUT2D eigenvalue weighted by atomic mass is 9.90. The van der Waals surface area contributed by atoms with Crippen molar-refractivity contribution in [3.63, 3.8) is 0 Å². The molecule has 0 aromatic heterocycles. The summed E-state index contributed by atoms with van der Waals surface area (Å²) < 4.78 is 0. The topological polar surface area (TPSA) is 0 Å². The molecule has 0 radical (unpaired) electrons. The van der Waals surface area contributed by atoms with Crippen LogP contribution >= 0.6 is 0 Å². The van der Waals surface area contributed by atoms with Crippen LogP contribution in [0.1, 0.15) is 158 Å². The molecule has 0 saturated carbocycles. The quantitative estimate of drug-likeness (QED) is 0.161. The monoisotopic (exact) mass is 422 g/mol. The van der Waals surface area contributed by atoms with Gasteiger partial charge in [-0.15, -0.1) is 0 Å². The molecule has 0 N–H and O–H groups in total. The molecule has 182 valence electrons. The predicted molar refractivity (Wildman–Crippen MR) is 140 cm³/mol. The molecule has 0 bridgehead atoms. The normalized spacial score (nSPS) is 16.2. The van der Waals surface area contributed by atoms with Gasteiger partial charge < -0.3 is 0 Å². The highest BCUT2D eigenvalue weighted by Gasteiger charge is 2.08. The van der Waals surface area contributed by atoms with E-state index in [-0.39, 0.29) is 0 Å². The lowest BCUT2D eigenvalue weighted by Crippen LogP contribution is -2.01. The van der Waals surface area contributed by atoms with Crippen LogP contribution < -0.4 is 0 Å². The summed E-state index contributed by atoms with van der Waals surface area (Å²) in [6, 6.07) is 0. The third kappa shape index (κ3) is 21.2. The van der Waals surface area contributed by atoms with Crippen molar-refractivity contribution in [2.75, 3.05) is 0 Å². The molecule has 0 fully saturated rings. The Morgan fingerprint density at radius 2 is 0.633 bits per heavy atom.